The summed E-state index contributed by atoms with van der Waals surface area (Å²) < 4.78 is 10.7. The van der Waals surface area contributed by atoms with Crippen LogP contribution in [0.3, 0.4) is 0 Å². The van der Waals surface area contributed by atoms with Crippen LogP contribution in [-0.2, 0) is 23.9 Å². The van der Waals surface area contributed by atoms with Crippen molar-refractivity contribution in [2.24, 2.45) is 35.5 Å². The summed E-state index contributed by atoms with van der Waals surface area (Å²) in [5, 5.41) is 42.7. The maximum absolute atomic E-state index is 13.6. The average molecular weight is 1200 g/mol. The Balaban J connectivity index is 0.000000170. The molecular formula is C59H84BrN3O12S3. The standard InChI is InChI=1S/C20H28BrNO4S.C20H29NO4S.C19H27NO4S/c1-12-3-5-13(6-4-12)19(24)22(14-7-9-15(23)10-8-14)16-11-17(21)27-18(16)20(25)26-2;1-13-3-5-14(6-4-13)19(23)21(15-7-9-16(22)10-8-15)17-11-12-26-18(17)20(24)25-2;1-12-2-4-13(5-3-12)18(22)20(14-6-8-15(21)9-7-14)16-10-11-25-17(16)19(23)24/h11-15,23H,3-10H2,1-2H3;11-16,22H,3-10H2,1-2H3;10-15,21H,2-9H2,1H3,(H,23,24). The fourth-order valence-electron chi connectivity index (χ4n) is 12.7. The zero-order chi connectivity index (χ0) is 56.2. The minimum absolute atomic E-state index is 0.00963. The zero-order valence-electron chi connectivity index (χ0n) is 46.3. The number of aromatic carboxylic acids is 1. The molecule has 0 bridgehead atoms. The van der Waals surface area contributed by atoms with E-state index in [1.54, 1.807) is 16.3 Å². The SMILES string of the molecule is CC1CCC(C(=O)N(c2ccsc2C(=O)O)C2CCC(O)CC2)CC1.COC(=O)c1sc(Br)cc1N(C(=O)C1CCC(C)CC1)C1CCC(O)CC1.COC(=O)c1sccc1N(C(=O)C1CCC(C)CC1)C1CCC(O)CC1. The van der Waals surface area contributed by atoms with Crippen LogP contribution < -0.4 is 14.7 Å². The predicted molar refractivity (Wildman–Crippen MR) is 311 cm³/mol. The first-order valence-corrected chi connectivity index (χ1v) is 32.1. The molecule has 0 saturated heterocycles. The molecule has 3 amide bonds. The van der Waals surface area contributed by atoms with Gasteiger partial charge in [-0.05, 0) is 217 Å². The van der Waals surface area contributed by atoms with Crippen LogP contribution in [0.15, 0.2) is 32.7 Å². The van der Waals surface area contributed by atoms with Gasteiger partial charge in [0.25, 0.3) is 0 Å². The Morgan fingerprint density at radius 1 is 0.462 bits per heavy atom. The molecule has 0 aromatic carbocycles. The Labute approximate surface area is 481 Å². The summed E-state index contributed by atoms with van der Waals surface area (Å²) in [6, 6.07) is 5.55. The Kier molecular flexibility index (Phi) is 23.3. The largest absolute Gasteiger partial charge is 0.477 e. The van der Waals surface area contributed by atoms with E-state index in [1.807, 2.05) is 27.3 Å². The second-order valence-corrected chi connectivity index (χ2v) is 27.5. The highest BCUT2D eigenvalue weighted by Gasteiger charge is 2.40. The van der Waals surface area contributed by atoms with Crippen molar-refractivity contribution in [1.82, 2.24) is 0 Å². The molecule has 0 spiro atoms. The fraction of sp³-hybridized carbons (Fsp3) is 0.695. The van der Waals surface area contributed by atoms with E-state index in [4.69, 9.17) is 9.47 Å². The van der Waals surface area contributed by atoms with Gasteiger partial charge in [-0.1, -0.05) is 20.8 Å². The Morgan fingerprint density at radius 2 is 0.769 bits per heavy atom. The van der Waals surface area contributed by atoms with Crippen molar-refractivity contribution in [1.29, 1.82) is 0 Å². The summed E-state index contributed by atoms with van der Waals surface area (Å²) in [4.78, 5) is 83.2. The monoisotopic (exact) mass is 1200 g/mol. The van der Waals surface area contributed by atoms with Crippen molar-refractivity contribution in [3.05, 3.63) is 47.4 Å². The topological polar surface area (TPSA) is 212 Å². The third kappa shape index (κ3) is 15.8. The van der Waals surface area contributed by atoms with E-state index >= 15 is 0 Å². The molecule has 0 radical (unpaired) electrons. The fourth-order valence-corrected chi connectivity index (χ4v) is 15.7. The highest BCUT2D eigenvalue weighted by atomic mass is 79.9. The maximum Gasteiger partial charge on any atom is 0.350 e. The molecule has 19 heteroatoms. The summed E-state index contributed by atoms with van der Waals surface area (Å²) in [5.41, 5.74) is 1.89. The third-order valence-corrected chi connectivity index (χ3v) is 21.0. The maximum atomic E-state index is 13.6. The predicted octanol–water partition coefficient (Wildman–Crippen LogP) is 12.7. The number of aliphatic hydroxyl groups excluding tert-OH is 3. The van der Waals surface area contributed by atoms with Crippen LogP contribution in [0.1, 0.15) is 204 Å². The van der Waals surface area contributed by atoms with E-state index in [1.165, 1.54) is 48.2 Å². The number of carboxylic acids is 1. The first-order valence-electron chi connectivity index (χ1n) is 28.8. The second kappa shape index (κ2) is 29.3. The number of halogens is 1. The van der Waals surface area contributed by atoms with Gasteiger partial charge in [0.2, 0.25) is 17.7 Å². The van der Waals surface area contributed by atoms with E-state index in [0.717, 1.165) is 119 Å². The van der Waals surface area contributed by atoms with E-state index < -0.39 is 11.9 Å². The molecular weight excluding hydrogens is 1120 g/mol. The van der Waals surface area contributed by atoms with Gasteiger partial charge in [0.1, 0.15) is 14.6 Å². The number of methoxy groups -OCH3 is 2. The van der Waals surface area contributed by atoms with Crippen molar-refractivity contribution in [3.63, 3.8) is 0 Å². The van der Waals surface area contributed by atoms with Crippen molar-refractivity contribution >= 4 is 103 Å². The smallest absolute Gasteiger partial charge is 0.350 e. The normalized spacial score (nSPS) is 29.2. The van der Waals surface area contributed by atoms with E-state index in [2.05, 4.69) is 36.7 Å². The van der Waals surface area contributed by atoms with Crippen molar-refractivity contribution in [3.8, 4) is 0 Å². The minimum Gasteiger partial charge on any atom is -0.477 e. The van der Waals surface area contributed by atoms with E-state index in [9.17, 15) is 49.2 Å². The highest BCUT2D eigenvalue weighted by molar-refractivity contribution is 9.11. The van der Waals surface area contributed by atoms with Gasteiger partial charge in [0.05, 0.1) is 53.4 Å². The number of rotatable bonds is 12. The Morgan fingerprint density at radius 3 is 1.10 bits per heavy atom. The lowest BCUT2D eigenvalue weighted by Crippen LogP contribution is -2.47. The number of anilines is 3. The van der Waals surface area contributed by atoms with Gasteiger partial charge in [-0.3, -0.25) is 14.4 Å². The minimum atomic E-state index is -0.976. The summed E-state index contributed by atoms with van der Waals surface area (Å²) >= 11 is 7.27. The first-order chi connectivity index (χ1) is 37.4. The third-order valence-electron chi connectivity index (χ3n) is 17.6. The summed E-state index contributed by atoms with van der Waals surface area (Å²) in [6.07, 6.45) is 19.6. The second-order valence-electron chi connectivity index (χ2n) is 23.2. The zero-order valence-corrected chi connectivity index (χ0v) is 50.3. The van der Waals surface area contributed by atoms with Gasteiger partial charge in [0.15, 0.2) is 0 Å². The molecule has 0 unspecified atom stereocenters. The molecule has 6 fully saturated rings. The molecule has 432 valence electrons. The quantitative estimate of drug-likeness (QED) is 0.125. The van der Waals surface area contributed by atoms with Gasteiger partial charge >= 0.3 is 17.9 Å². The van der Waals surface area contributed by atoms with Crippen LogP contribution >= 0.6 is 49.9 Å². The molecule has 15 nitrogen and oxygen atoms in total. The number of ether oxygens (including phenoxy) is 2. The van der Waals surface area contributed by atoms with Crippen LogP contribution in [0.2, 0.25) is 0 Å². The molecule has 9 rings (SSSR count). The molecule has 0 atom stereocenters. The van der Waals surface area contributed by atoms with Crippen LogP contribution in [0.4, 0.5) is 17.1 Å². The van der Waals surface area contributed by atoms with E-state index in [0.29, 0.717) is 83.1 Å². The number of carbonyl (C=O) groups is 6. The van der Waals surface area contributed by atoms with Gasteiger partial charge in [-0.2, -0.15) is 0 Å². The molecule has 6 aliphatic rings. The van der Waals surface area contributed by atoms with Crippen LogP contribution in [0.5, 0.6) is 0 Å². The number of hydrogen-bond donors (Lipinski definition) is 4. The van der Waals surface area contributed by atoms with Crippen molar-refractivity contribution < 1.29 is 58.7 Å². The Bertz CT molecular complexity index is 2450. The summed E-state index contributed by atoms with van der Waals surface area (Å²) in [7, 11) is 2.74. The number of carboxylic acid groups (broad SMARTS) is 1. The summed E-state index contributed by atoms with van der Waals surface area (Å²) in [5.74, 6) is 0.624. The van der Waals surface area contributed by atoms with Gasteiger partial charge in [-0.15, -0.1) is 34.0 Å². The molecule has 78 heavy (non-hydrogen) atoms. The van der Waals surface area contributed by atoms with Gasteiger partial charge in [-0.25, -0.2) is 14.4 Å². The van der Waals surface area contributed by atoms with Crippen molar-refractivity contribution in [2.45, 2.75) is 211 Å². The highest BCUT2D eigenvalue weighted by Crippen LogP contribution is 2.43. The van der Waals surface area contributed by atoms with Crippen LogP contribution in [0.25, 0.3) is 0 Å². The number of nitrogens with zero attached hydrogens (tertiary/aromatic N) is 3. The number of hydrogen-bond acceptors (Lipinski definition) is 14. The molecule has 6 aliphatic carbocycles. The summed E-state index contributed by atoms with van der Waals surface area (Å²) in [6.45, 7) is 6.71. The number of esters is 2. The number of amides is 3. The lowest BCUT2D eigenvalue weighted by atomic mass is 9.81. The van der Waals surface area contributed by atoms with Crippen LogP contribution in [0, 0.1) is 35.5 Å². The lowest BCUT2D eigenvalue weighted by molar-refractivity contribution is -0.125. The van der Waals surface area contributed by atoms with Gasteiger partial charge < -0.3 is 44.6 Å². The van der Waals surface area contributed by atoms with Crippen LogP contribution in [-0.4, -0.2) is 107 Å². The molecule has 6 saturated carbocycles. The molecule has 3 aromatic heterocycles. The average Bonchev–Trinajstić information content (AvgIpc) is 4.25. The van der Waals surface area contributed by atoms with Crippen molar-refractivity contribution in [2.75, 3.05) is 28.9 Å². The lowest BCUT2D eigenvalue weighted by Gasteiger charge is -2.38. The molecule has 4 N–H and O–H groups in total. The number of carbonyl (C=O) groups excluding carboxylic acids is 5. The van der Waals surface area contributed by atoms with E-state index in [-0.39, 0.29) is 82.8 Å². The Hall–Kier alpha value is -3.72. The van der Waals surface area contributed by atoms with Gasteiger partial charge in [0, 0.05) is 35.9 Å². The number of thiophene rings is 3. The molecule has 0 aliphatic heterocycles. The first kappa shape index (κ1) is 61.9. The molecule has 3 aromatic rings. The molecule has 3 heterocycles. The number of aliphatic hydroxyl groups is 3.